The van der Waals surface area contributed by atoms with Crippen LogP contribution < -0.4 is 5.32 Å². The third-order valence-corrected chi connectivity index (χ3v) is 5.01. The maximum atomic E-state index is 4.39. The molecule has 2 aliphatic rings. The van der Waals surface area contributed by atoms with Crippen LogP contribution in [0, 0.1) is 5.92 Å². The van der Waals surface area contributed by atoms with Gasteiger partial charge in [-0.15, -0.1) is 10.2 Å². The van der Waals surface area contributed by atoms with E-state index < -0.39 is 0 Å². The van der Waals surface area contributed by atoms with Crippen molar-refractivity contribution in [1.82, 2.24) is 25.0 Å². The lowest BCUT2D eigenvalue weighted by Crippen LogP contribution is -2.42. The van der Waals surface area contributed by atoms with Crippen molar-refractivity contribution in [3.8, 4) is 0 Å². The SMILES string of the molecule is CC(NC(C)C1CCN(C)CC1)c1nnc2n1CCC2. The maximum Gasteiger partial charge on any atom is 0.149 e. The molecule has 1 N–H and O–H groups in total. The van der Waals surface area contributed by atoms with Crippen LogP contribution in [0.3, 0.4) is 0 Å². The summed E-state index contributed by atoms with van der Waals surface area (Å²) >= 11 is 0. The number of fused-ring (bicyclic) bond motifs is 1. The zero-order valence-corrected chi connectivity index (χ0v) is 13.0. The van der Waals surface area contributed by atoms with E-state index in [9.17, 15) is 0 Å². The highest BCUT2D eigenvalue weighted by atomic mass is 15.3. The number of hydrogen-bond donors (Lipinski definition) is 1. The zero-order chi connectivity index (χ0) is 14.1. The second kappa shape index (κ2) is 5.82. The number of likely N-dealkylation sites (tertiary alicyclic amines) is 1. The quantitative estimate of drug-likeness (QED) is 0.908. The molecule has 0 spiro atoms. The molecule has 3 heterocycles. The standard InChI is InChI=1S/C15H27N5/c1-11(13-6-9-19(3)10-7-13)16-12(2)15-18-17-14-5-4-8-20(14)15/h11-13,16H,4-10H2,1-3H3. The van der Waals surface area contributed by atoms with Crippen molar-refractivity contribution in [3.63, 3.8) is 0 Å². The van der Waals surface area contributed by atoms with Gasteiger partial charge in [0.1, 0.15) is 11.6 Å². The Labute approximate surface area is 121 Å². The Balaban J connectivity index is 1.59. The fraction of sp³-hybridized carbons (Fsp3) is 0.867. The molecule has 2 atom stereocenters. The van der Waals surface area contributed by atoms with E-state index >= 15 is 0 Å². The van der Waals surface area contributed by atoms with Crippen molar-refractivity contribution >= 4 is 0 Å². The highest BCUT2D eigenvalue weighted by Gasteiger charge is 2.26. The Bertz CT molecular complexity index is 447. The van der Waals surface area contributed by atoms with Gasteiger partial charge in [-0.1, -0.05) is 0 Å². The molecule has 5 nitrogen and oxygen atoms in total. The second-order valence-corrected chi connectivity index (χ2v) is 6.55. The first kappa shape index (κ1) is 14.0. The first-order valence-corrected chi connectivity index (χ1v) is 8.01. The Morgan fingerprint density at radius 1 is 1.15 bits per heavy atom. The van der Waals surface area contributed by atoms with E-state index in [1.165, 1.54) is 38.2 Å². The smallest absolute Gasteiger partial charge is 0.149 e. The van der Waals surface area contributed by atoms with Crippen LogP contribution in [0.15, 0.2) is 0 Å². The molecule has 3 rings (SSSR count). The normalized spacial score (nSPS) is 23.8. The van der Waals surface area contributed by atoms with Gasteiger partial charge in [-0.25, -0.2) is 0 Å². The van der Waals surface area contributed by atoms with Crippen LogP contribution >= 0.6 is 0 Å². The summed E-state index contributed by atoms with van der Waals surface area (Å²) in [5.74, 6) is 3.08. The molecule has 2 unspecified atom stereocenters. The summed E-state index contributed by atoms with van der Waals surface area (Å²) in [4.78, 5) is 2.43. The molecular weight excluding hydrogens is 250 g/mol. The highest BCUT2D eigenvalue weighted by molar-refractivity contribution is 5.04. The van der Waals surface area contributed by atoms with Gasteiger partial charge in [0.15, 0.2) is 0 Å². The minimum Gasteiger partial charge on any atom is -0.314 e. The monoisotopic (exact) mass is 277 g/mol. The molecule has 1 fully saturated rings. The first-order chi connectivity index (χ1) is 9.65. The fourth-order valence-corrected chi connectivity index (χ4v) is 3.63. The van der Waals surface area contributed by atoms with Crippen LogP contribution in [0.5, 0.6) is 0 Å². The van der Waals surface area contributed by atoms with E-state index in [2.05, 4.69) is 45.9 Å². The lowest BCUT2D eigenvalue weighted by Gasteiger charge is -2.34. The summed E-state index contributed by atoms with van der Waals surface area (Å²) < 4.78 is 2.30. The van der Waals surface area contributed by atoms with Gasteiger partial charge in [-0.05, 0) is 59.2 Å². The molecular formula is C15H27N5. The largest absolute Gasteiger partial charge is 0.314 e. The zero-order valence-electron chi connectivity index (χ0n) is 13.0. The Kier molecular flexibility index (Phi) is 4.08. The molecule has 20 heavy (non-hydrogen) atoms. The number of aryl methyl sites for hydroxylation is 1. The number of piperidine rings is 1. The highest BCUT2D eigenvalue weighted by Crippen LogP contribution is 2.23. The number of aromatic nitrogens is 3. The molecule has 5 heteroatoms. The Hall–Kier alpha value is -0.940. The van der Waals surface area contributed by atoms with Crippen LogP contribution in [0.2, 0.25) is 0 Å². The number of nitrogens with one attached hydrogen (secondary N) is 1. The third kappa shape index (κ3) is 2.74. The average Bonchev–Trinajstić information content (AvgIpc) is 3.01. The summed E-state index contributed by atoms with van der Waals surface area (Å²) in [5.41, 5.74) is 0. The van der Waals surface area contributed by atoms with Crippen molar-refractivity contribution in [2.45, 2.75) is 58.2 Å². The first-order valence-electron chi connectivity index (χ1n) is 8.01. The molecule has 1 aromatic rings. The van der Waals surface area contributed by atoms with Gasteiger partial charge in [0.25, 0.3) is 0 Å². The van der Waals surface area contributed by atoms with Crippen LogP contribution in [0.1, 0.15) is 50.8 Å². The van der Waals surface area contributed by atoms with E-state index in [4.69, 9.17) is 0 Å². The van der Waals surface area contributed by atoms with E-state index in [0.717, 1.165) is 24.7 Å². The molecule has 1 aromatic heterocycles. The predicted molar refractivity (Wildman–Crippen MR) is 79.6 cm³/mol. The Morgan fingerprint density at radius 3 is 2.65 bits per heavy atom. The van der Waals surface area contributed by atoms with Crippen molar-refractivity contribution in [2.24, 2.45) is 5.92 Å². The molecule has 0 saturated carbocycles. The summed E-state index contributed by atoms with van der Waals surface area (Å²) in [6.07, 6.45) is 4.91. The van der Waals surface area contributed by atoms with Crippen molar-refractivity contribution in [2.75, 3.05) is 20.1 Å². The van der Waals surface area contributed by atoms with Gasteiger partial charge >= 0.3 is 0 Å². The fourth-order valence-electron chi connectivity index (χ4n) is 3.63. The van der Waals surface area contributed by atoms with Gasteiger partial charge < -0.3 is 14.8 Å². The maximum absolute atomic E-state index is 4.39. The van der Waals surface area contributed by atoms with Crippen LogP contribution in [0.25, 0.3) is 0 Å². The summed E-state index contributed by atoms with van der Waals surface area (Å²) in [7, 11) is 2.22. The van der Waals surface area contributed by atoms with E-state index in [1.54, 1.807) is 0 Å². The molecule has 0 aromatic carbocycles. The van der Waals surface area contributed by atoms with E-state index in [-0.39, 0.29) is 0 Å². The van der Waals surface area contributed by atoms with Crippen LogP contribution in [-0.4, -0.2) is 45.8 Å². The second-order valence-electron chi connectivity index (χ2n) is 6.55. The van der Waals surface area contributed by atoms with E-state index in [1.807, 2.05) is 0 Å². The average molecular weight is 277 g/mol. The number of hydrogen-bond acceptors (Lipinski definition) is 4. The molecule has 0 radical (unpaired) electrons. The van der Waals surface area contributed by atoms with Crippen molar-refractivity contribution in [1.29, 1.82) is 0 Å². The van der Waals surface area contributed by atoms with Gasteiger partial charge in [0.05, 0.1) is 6.04 Å². The Morgan fingerprint density at radius 2 is 1.90 bits per heavy atom. The predicted octanol–water partition coefficient (Wildman–Crippen LogP) is 1.61. The van der Waals surface area contributed by atoms with Crippen LogP contribution in [-0.2, 0) is 13.0 Å². The molecule has 2 aliphatic heterocycles. The minimum absolute atomic E-state index is 0.295. The summed E-state index contributed by atoms with van der Waals surface area (Å²) in [6.45, 7) is 8.10. The molecule has 0 bridgehead atoms. The molecule has 1 saturated heterocycles. The third-order valence-electron chi connectivity index (χ3n) is 5.01. The van der Waals surface area contributed by atoms with Gasteiger partial charge in [-0.2, -0.15) is 0 Å². The number of nitrogens with zero attached hydrogens (tertiary/aromatic N) is 4. The van der Waals surface area contributed by atoms with E-state index in [0.29, 0.717) is 12.1 Å². The minimum atomic E-state index is 0.295. The van der Waals surface area contributed by atoms with Crippen LogP contribution in [0.4, 0.5) is 0 Å². The lowest BCUT2D eigenvalue weighted by atomic mass is 9.90. The summed E-state index contributed by atoms with van der Waals surface area (Å²) in [5, 5.41) is 12.5. The molecule has 112 valence electrons. The van der Waals surface area contributed by atoms with Gasteiger partial charge in [0.2, 0.25) is 0 Å². The van der Waals surface area contributed by atoms with Gasteiger partial charge in [0, 0.05) is 19.0 Å². The topological polar surface area (TPSA) is 46.0 Å². The lowest BCUT2D eigenvalue weighted by molar-refractivity contribution is 0.184. The van der Waals surface area contributed by atoms with Crippen molar-refractivity contribution in [3.05, 3.63) is 11.6 Å². The van der Waals surface area contributed by atoms with Gasteiger partial charge in [-0.3, -0.25) is 0 Å². The van der Waals surface area contributed by atoms with Crippen molar-refractivity contribution < 1.29 is 0 Å². The summed E-state index contributed by atoms with van der Waals surface area (Å²) in [6, 6.07) is 0.844. The molecule has 0 aliphatic carbocycles. The number of rotatable bonds is 4. The molecule has 0 amide bonds.